The van der Waals surface area contributed by atoms with Gasteiger partial charge in [0.15, 0.2) is 0 Å². The summed E-state index contributed by atoms with van der Waals surface area (Å²) >= 11 is 0. The molecule has 3 atom stereocenters. The van der Waals surface area contributed by atoms with Gasteiger partial charge in [0, 0.05) is 42.5 Å². The lowest BCUT2D eigenvalue weighted by atomic mass is 9.84. The normalized spacial score (nSPS) is 20.2. The van der Waals surface area contributed by atoms with Crippen molar-refractivity contribution in [2.45, 2.75) is 57.9 Å². The second kappa shape index (κ2) is 9.21. The number of amides is 1. The number of hydrogen-bond donors (Lipinski definition) is 1. The van der Waals surface area contributed by atoms with Gasteiger partial charge in [-0.05, 0) is 43.0 Å². The molecule has 176 valence electrons. The highest BCUT2D eigenvalue weighted by Gasteiger charge is 2.37. The van der Waals surface area contributed by atoms with E-state index in [0.717, 1.165) is 29.0 Å². The lowest BCUT2D eigenvalue weighted by Crippen LogP contribution is -2.48. The number of hydrogen-bond acceptors (Lipinski definition) is 2. The molecule has 1 fully saturated rings. The molecule has 3 unspecified atom stereocenters. The van der Waals surface area contributed by atoms with Crippen LogP contribution in [0.4, 0.5) is 13.2 Å². The predicted octanol–water partition coefficient (Wildman–Crippen LogP) is 5.91. The van der Waals surface area contributed by atoms with Crippen molar-refractivity contribution in [1.82, 2.24) is 9.88 Å². The first-order valence-corrected chi connectivity index (χ1v) is 11.4. The van der Waals surface area contributed by atoms with Crippen LogP contribution in [0.2, 0.25) is 0 Å². The van der Waals surface area contributed by atoms with E-state index in [-0.39, 0.29) is 30.1 Å². The fourth-order valence-corrected chi connectivity index (χ4v) is 4.95. The number of rotatable bonds is 5. The molecule has 4 nitrogen and oxygen atoms in total. The molecule has 1 N–H and O–H groups in total. The first-order chi connectivity index (χ1) is 15.7. The van der Waals surface area contributed by atoms with E-state index >= 15 is 0 Å². The van der Waals surface area contributed by atoms with Crippen LogP contribution in [0, 0.1) is 0 Å². The lowest BCUT2D eigenvalue weighted by Gasteiger charge is -2.36. The molecule has 33 heavy (non-hydrogen) atoms. The smallest absolute Gasteiger partial charge is 0.372 e. The highest BCUT2D eigenvalue weighted by atomic mass is 19.4. The number of aryl methyl sites for hydroxylation is 1. The Bertz CT molecular complexity index is 1130. The zero-order valence-electron chi connectivity index (χ0n) is 19.1. The fraction of sp³-hybridized carbons (Fsp3) is 0.423. The number of fused-ring (bicyclic) bond motifs is 1. The summed E-state index contributed by atoms with van der Waals surface area (Å²) in [5.41, 5.74) is 2.12. The number of halogens is 3. The Morgan fingerprint density at radius 2 is 1.79 bits per heavy atom. The number of H-pyrrole nitrogens is 1. The molecule has 1 aliphatic heterocycles. The van der Waals surface area contributed by atoms with Gasteiger partial charge in [0.25, 0.3) is 0 Å². The van der Waals surface area contributed by atoms with Gasteiger partial charge in [0.2, 0.25) is 5.91 Å². The molecule has 7 heteroatoms. The van der Waals surface area contributed by atoms with Crippen molar-refractivity contribution in [2.24, 2.45) is 0 Å². The molecule has 0 bridgehead atoms. The third-order valence-corrected chi connectivity index (χ3v) is 6.38. The van der Waals surface area contributed by atoms with Crippen molar-refractivity contribution in [3.63, 3.8) is 0 Å². The number of alkyl halides is 3. The first kappa shape index (κ1) is 23.4. The van der Waals surface area contributed by atoms with Crippen LogP contribution >= 0.6 is 0 Å². The largest absolute Gasteiger partial charge is 0.416 e. The van der Waals surface area contributed by atoms with Crippen molar-refractivity contribution in [3.8, 4) is 0 Å². The van der Waals surface area contributed by atoms with Gasteiger partial charge in [0.05, 0.1) is 17.8 Å². The molecule has 4 rings (SSSR count). The molecule has 1 aliphatic rings. The number of ether oxygens (including phenoxy) is 1. The summed E-state index contributed by atoms with van der Waals surface area (Å²) in [6, 6.07) is 11.4. The Labute approximate surface area is 191 Å². The van der Waals surface area contributed by atoms with E-state index in [9.17, 15) is 18.0 Å². The molecule has 0 saturated carbocycles. The summed E-state index contributed by atoms with van der Waals surface area (Å²) < 4.78 is 47.6. The molecule has 2 heterocycles. The molecule has 0 aliphatic carbocycles. The third kappa shape index (κ3) is 4.78. The maximum absolute atomic E-state index is 14.0. The average Bonchev–Trinajstić information content (AvgIpc) is 3.20. The number of aromatic amines is 1. The minimum absolute atomic E-state index is 0.0458. The number of carbonyl (C=O) groups excluding carboxylic acids is 1. The Morgan fingerprint density at radius 3 is 2.45 bits per heavy atom. The molecule has 2 aromatic carbocycles. The van der Waals surface area contributed by atoms with Crippen molar-refractivity contribution in [2.75, 3.05) is 13.1 Å². The molecule has 0 spiro atoms. The molecule has 1 amide bonds. The second-order valence-corrected chi connectivity index (χ2v) is 8.84. The van der Waals surface area contributed by atoms with Crippen LogP contribution in [0.3, 0.4) is 0 Å². The SMILES string of the molecule is CCc1cccc2c(C(CC(=O)N3CC(C)OC(C)C3)c3ccccc3C(F)(F)F)c[nH]c12. The van der Waals surface area contributed by atoms with E-state index in [1.807, 2.05) is 39.0 Å². The van der Waals surface area contributed by atoms with Gasteiger partial charge in [-0.3, -0.25) is 4.79 Å². The maximum Gasteiger partial charge on any atom is 0.416 e. The average molecular weight is 459 g/mol. The molecule has 1 saturated heterocycles. The van der Waals surface area contributed by atoms with Crippen LogP contribution in [0.25, 0.3) is 10.9 Å². The number of morpholine rings is 1. The van der Waals surface area contributed by atoms with Gasteiger partial charge in [0.1, 0.15) is 0 Å². The maximum atomic E-state index is 14.0. The zero-order valence-corrected chi connectivity index (χ0v) is 19.1. The molecular weight excluding hydrogens is 429 g/mol. The highest BCUT2D eigenvalue weighted by molar-refractivity contribution is 5.88. The van der Waals surface area contributed by atoms with Crippen molar-refractivity contribution in [1.29, 1.82) is 0 Å². The Kier molecular flexibility index (Phi) is 6.52. The summed E-state index contributed by atoms with van der Waals surface area (Å²) in [5, 5.41) is 0.854. The monoisotopic (exact) mass is 458 g/mol. The fourth-order valence-electron chi connectivity index (χ4n) is 4.95. The topological polar surface area (TPSA) is 45.3 Å². The Morgan fingerprint density at radius 1 is 1.09 bits per heavy atom. The van der Waals surface area contributed by atoms with Crippen molar-refractivity contribution in [3.05, 3.63) is 70.9 Å². The summed E-state index contributed by atoms with van der Waals surface area (Å²) in [5.74, 6) is -0.899. The van der Waals surface area contributed by atoms with Gasteiger partial charge in [-0.25, -0.2) is 0 Å². The van der Waals surface area contributed by atoms with E-state index in [1.165, 1.54) is 12.1 Å². The second-order valence-electron chi connectivity index (χ2n) is 8.84. The molecule has 0 radical (unpaired) electrons. The number of nitrogens with zero attached hydrogens (tertiary/aromatic N) is 1. The van der Waals surface area contributed by atoms with Gasteiger partial charge in [-0.2, -0.15) is 13.2 Å². The number of benzene rings is 2. The summed E-state index contributed by atoms with van der Waals surface area (Å²) in [4.78, 5) is 18.3. The number of nitrogens with one attached hydrogen (secondary N) is 1. The number of carbonyl (C=O) groups is 1. The minimum atomic E-state index is -4.51. The van der Waals surface area contributed by atoms with Crippen LogP contribution < -0.4 is 0 Å². The van der Waals surface area contributed by atoms with Crippen molar-refractivity contribution >= 4 is 16.8 Å². The number of para-hydroxylation sites is 1. The standard InChI is InChI=1S/C26H29F3N2O2/c1-4-18-8-7-10-20-22(13-30-25(18)20)21(19-9-5-6-11-23(19)26(27,28)29)12-24(32)31-14-16(2)33-17(3)15-31/h5-11,13,16-17,21,30H,4,12,14-15H2,1-3H3. The summed E-state index contributed by atoms with van der Waals surface area (Å²) in [6.07, 6.45) is -2.22. The van der Waals surface area contributed by atoms with Crippen LogP contribution in [0.1, 0.15) is 55.4 Å². The van der Waals surface area contributed by atoms with E-state index in [0.29, 0.717) is 18.7 Å². The molecule has 1 aromatic heterocycles. The number of aromatic nitrogens is 1. The van der Waals surface area contributed by atoms with Crippen LogP contribution in [0.5, 0.6) is 0 Å². The zero-order chi connectivity index (χ0) is 23.8. The van der Waals surface area contributed by atoms with E-state index in [1.54, 1.807) is 17.2 Å². The van der Waals surface area contributed by atoms with E-state index in [4.69, 9.17) is 4.74 Å². The highest BCUT2D eigenvalue weighted by Crippen LogP contribution is 2.41. The van der Waals surface area contributed by atoms with Gasteiger partial charge < -0.3 is 14.6 Å². The lowest BCUT2D eigenvalue weighted by molar-refractivity contribution is -0.144. The van der Waals surface area contributed by atoms with Gasteiger partial charge >= 0.3 is 6.18 Å². The Hall–Kier alpha value is -2.80. The van der Waals surface area contributed by atoms with Gasteiger partial charge in [-0.15, -0.1) is 0 Å². The third-order valence-electron chi connectivity index (χ3n) is 6.38. The Balaban J connectivity index is 1.80. The van der Waals surface area contributed by atoms with Gasteiger partial charge in [-0.1, -0.05) is 43.3 Å². The summed E-state index contributed by atoms with van der Waals surface area (Å²) in [7, 11) is 0. The summed E-state index contributed by atoms with van der Waals surface area (Å²) in [6.45, 7) is 6.71. The van der Waals surface area contributed by atoms with Crippen LogP contribution in [-0.2, 0) is 22.1 Å². The molecule has 3 aromatic rings. The quantitative estimate of drug-likeness (QED) is 0.517. The van der Waals surface area contributed by atoms with Crippen LogP contribution in [0.15, 0.2) is 48.7 Å². The first-order valence-electron chi connectivity index (χ1n) is 11.4. The van der Waals surface area contributed by atoms with Crippen LogP contribution in [-0.4, -0.2) is 41.1 Å². The van der Waals surface area contributed by atoms with E-state index < -0.39 is 17.7 Å². The van der Waals surface area contributed by atoms with E-state index in [2.05, 4.69) is 4.98 Å². The van der Waals surface area contributed by atoms with Crippen molar-refractivity contribution < 1.29 is 22.7 Å². The minimum Gasteiger partial charge on any atom is -0.372 e. The molecular formula is C26H29F3N2O2. The predicted molar refractivity (Wildman–Crippen MR) is 122 cm³/mol.